The van der Waals surface area contributed by atoms with Crippen LogP contribution in [0.4, 0.5) is 0 Å². The first-order valence-electron chi connectivity index (χ1n) is 6.50. The largest absolute Gasteiger partial charge is 0.273 e. The Morgan fingerprint density at radius 1 is 1.29 bits per heavy atom. The molecule has 2 aromatic rings. The number of aromatic nitrogens is 3. The average molecular weight is 306 g/mol. The van der Waals surface area contributed by atoms with Crippen molar-refractivity contribution >= 4 is 15.9 Å². The molecule has 1 fully saturated rings. The normalized spacial score (nSPS) is 20.9. The smallest absolute Gasteiger partial charge is 0.240 e. The summed E-state index contributed by atoms with van der Waals surface area (Å²) in [5.74, 6) is -1.07. The van der Waals surface area contributed by atoms with E-state index < -0.39 is 15.9 Å². The Balaban J connectivity index is 1.79. The van der Waals surface area contributed by atoms with Gasteiger partial charge in [-0.1, -0.05) is 35.5 Å². The van der Waals surface area contributed by atoms with Gasteiger partial charge in [-0.25, -0.2) is 12.7 Å². The van der Waals surface area contributed by atoms with Crippen LogP contribution in [0.5, 0.6) is 0 Å². The van der Waals surface area contributed by atoms with Crippen molar-refractivity contribution in [1.29, 1.82) is 0 Å². The Labute approximate surface area is 122 Å². The van der Waals surface area contributed by atoms with Gasteiger partial charge in [-0.2, -0.15) is 0 Å². The van der Waals surface area contributed by atoms with Crippen LogP contribution >= 0.6 is 0 Å². The van der Waals surface area contributed by atoms with Crippen LogP contribution in [0, 0.1) is 5.92 Å². The highest BCUT2D eigenvalue weighted by atomic mass is 32.2. The molecule has 1 saturated heterocycles. The predicted octanol–water partition coefficient (Wildman–Crippen LogP) is 0.336. The number of hydrogen-bond donors (Lipinski definition) is 1. The van der Waals surface area contributed by atoms with Gasteiger partial charge in [0, 0.05) is 6.20 Å². The number of nitrogens with zero attached hydrogens (tertiary/aromatic N) is 3. The van der Waals surface area contributed by atoms with Crippen LogP contribution in [0.15, 0.2) is 36.5 Å². The zero-order valence-electron chi connectivity index (χ0n) is 11.1. The molecule has 1 unspecified atom stereocenters. The molecule has 3 rings (SSSR count). The van der Waals surface area contributed by atoms with E-state index in [4.69, 9.17) is 0 Å². The van der Waals surface area contributed by atoms with Crippen molar-refractivity contribution in [2.24, 2.45) is 5.92 Å². The maximum Gasteiger partial charge on any atom is 0.240 e. The van der Waals surface area contributed by atoms with Crippen molar-refractivity contribution in [2.45, 2.75) is 13.0 Å². The molecule has 1 atom stereocenters. The Hall–Kier alpha value is -2.22. The first-order chi connectivity index (χ1) is 10.1. The molecule has 1 aromatic heterocycles. The lowest BCUT2D eigenvalue weighted by Gasteiger charge is -2.13. The molecular weight excluding hydrogens is 292 g/mol. The molecule has 0 bridgehead atoms. The van der Waals surface area contributed by atoms with Gasteiger partial charge in [-0.05, 0) is 12.0 Å². The van der Waals surface area contributed by atoms with Gasteiger partial charge >= 0.3 is 0 Å². The molecule has 1 aliphatic rings. The second-order valence-electron chi connectivity index (χ2n) is 4.97. The summed E-state index contributed by atoms with van der Waals surface area (Å²) in [7, 11) is -3.58. The highest BCUT2D eigenvalue weighted by Gasteiger charge is 2.43. The molecular formula is C13H14N4O3S. The number of hydrogen-bond acceptors (Lipinski definition) is 5. The van der Waals surface area contributed by atoms with Crippen LogP contribution in [0.3, 0.4) is 0 Å². The van der Waals surface area contributed by atoms with Crippen LogP contribution in [0.1, 0.15) is 11.3 Å². The van der Waals surface area contributed by atoms with Crippen LogP contribution < -0.4 is 0 Å². The molecule has 0 saturated carbocycles. The number of nitrogens with one attached hydrogen (secondary N) is 1. The molecule has 2 heterocycles. The summed E-state index contributed by atoms with van der Waals surface area (Å²) in [6.45, 7) is -0.0665. The minimum absolute atomic E-state index is 0.0665. The summed E-state index contributed by atoms with van der Waals surface area (Å²) in [4.78, 5) is 12.3. The first kappa shape index (κ1) is 13.7. The van der Waals surface area contributed by atoms with E-state index in [9.17, 15) is 13.2 Å². The summed E-state index contributed by atoms with van der Waals surface area (Å²) >= 11 is 0. The van der Waals surface area contributed by atoms with Crippen LogP contribution in [0.25, 0.3) is 0 Å². The lowest BCUT2D eigenvalue weighted by Crippen LogP contribution is -2.30. The third-order valence-electron chi connectivity index (χ3n) is 3.44. The number of rotatable bonds is 4. The van der Waals surface area contributed by atoms with E-state index in [0.717, 1.165) is 9.87 Å². The minimum atomic E-state index is -3.58. The van der Waals surface area contributed by atoms with E-state index in [-0.39, 0.29) is 18.2 Å². The number of benzene rings is 1. The van der Waals surface area contributed by atoms with E-state index in [2.05, 4.69) is 15.4 Å². The number of carbonyl (C=O) groups excluding carboxylic acids is 1. The molecule has 21 heavy (non-hydrogen) atoms. The van der Waals surface area contributed by atoms with E-state index in [1.54, 1.807) is 0 Å². The quantitative estimate of drug-likeness (QED) is 0.878. The second kappa shape index (κ2) is 5.28. The Bertz CT molecular complexity index is 728. The third-order valence-corrected chi connectivity index (χ3v) is 5.24. The van der Waals surface area contributed by atoms with Crippen molar-refractivity contribution in [2.75, 3.05) is 5.75 Å². The summed E-state index contributed by atoms with van der Waals surface area (Å²) in [5, 5.41) is 9.74. The van der Waals surface area contributed by atoms with Crippen molar-refractivity contribution < 1.29 is 13.2 Å². The van der Waals surface area contributed by atoms with Gasteiger partial charge in [-0.15, -0.1) is 5.10 Å². The van der Waals surface area contributed by atoms with Crippen molar-refractivity contribution in [3.05, 3.63) is 47.8 Å². The van der Waals surface area contributed by atoms with Gasteiger partial charge in [0.2, 0.25) is 15.9 Å². The number of amides is 1. The molecule has 7 nitrogen and oxygen atoms in total. The Morgan fingerprint density at radius 2 is 2.05 bits per heavy atom. The zero-order chi connectivity index (χ0) is 14.9. The monoisotopic (exact) mass is 306 g/mol. The molecule has 8 heteroatoms. The number of sulfonamides is 1. The standard InChI is InChI=1S/C13H14N4O3S/c18-13-11(6-10-4-2-1-3-5-10)9-21(19,20)17(13)8-12-7-14-16-15-12/h1-5,7,11H,6,8-9H2,(H,14,15,16). The molecule has 110 valence electrons. The lowest BCUT2D eigenvalue weighted by molar-refractivity contribution is -0.129. The molecule has 1 aromatic carbocycles. The van der Waals surface area contributed by atoms with Crippen molar-refractivity contribution in [1.82, 2.24) is 19.7 Å². The van der Waals surface area contributed by atoms with Crippen molar-refractivity contribution in [3.63, 3.8) is 0 Å². The number of carbonyl (C=O) groups is 1. The maximum absolute atomic E-state index is 12.3. The van der Waals surface area contributed by atoms with Gasteiger partial charge in [0.15, 0.2) is 0 Å². The van der Waals surface area contributed by atoms with Gasteiger partial charge < -0.3 is 0 Å². The molecule has 0 radical (unpaired) electrons. The highest BCUT2D eigenvalue weighted by molar-refractivity contribution is 7.90. The number of aromatic amines is 1. The van der Waals surface area contributed by atoms with Gasteiger partial charge in [0.1, 0.15) is 5.69 Å². The summed E-state index contributed by atoms with van der Waals surface area (Å²) < 4.78 is 25.2. The molecule has 0 spiro atoms. The average Bonchev–Trinajstić information content (AvgIpc) is 3.03. The molecule has 0 aliphatic carbocycles. The van der Waals surface area contributed by atoms with Crippen LogP contribution in [-0.2, 0) is 27.8 Å². The van der Waals surface area contributed by atoms with Crippen LogP contribution in [0.2, 0.25) is 0 Å². The number of H-pyrrole nitrogens is 1. The third kappa shape index (κ3) is 2.80. The van der Waals surface area contributed by atoms with E-state index in [1.807, 2.05) is 30.3 Å². The maximum atomic E-state index is 12.3. The highest BCUT2D eigenvalue weighted by Crippen LogP contribution is 2.25. The van der Waals surface area contributed by atoms with Gasteiger partial charge in [-0.3, -0.25) is 9.89 Å². The second-order valence-corrected chi connectivity index (χ2v) is 6.91. The SMILES string of the molecule is O=C1C(Cc2ccccc2)CS(=O)(=O)N1Cc1c[nH]nn1. The summed E-state index contributed by atoms with van der Waals surface area (Å²) in [5.41, 5.74) is 1.38. The fourth-order valence-corrected chi connectivity index (χ4v) is 4.13. The van der Waals surface area contributed by atoms with E-state index >= 15 is 0 Å². The summed E-state index contributed by atoms with van der Waals surface area (Å²) in [6, 6.07) is 9.40. The Kier molecular flexibility index (Phi) is 3.46. The lowest BCUT2D eigenvalue weighted by atomic mass is 10.0. The molecule has 1 N–H and O–H groups in total. The van der Waals surface area contributed by atoms with Crippen LogP contribution in [-0.4, -0.2) is 39.8 Å². The topological polar surface area (TPSA) is 96.0 Å². The van der Waals surface area contributed by atoms with Gasteiger partial charge in [0.25, 0.3) is 0 Å². The fraction of sp³-hybridized carbons (Fsp3) is 0.308. The molecule has 1 amide bonds. The van der Waals surface area contributed by atoms with Crippen molar-refractivity contribution in [3.8, 4) is 0 Å². The first-order valence-corrected chi connectivity index (χ1v) is 8.11. The predicted molar refractivity (Wildman–Crippen MR) is 74.4 cm³/mol. The molecule has 1 aliphatic heterocycles. The fourth-order valence-electron chi connectivity index (χ4n) is 2.43. The van der Waals surface area contributed by atoms with E-state index in [1.165, 1.54) is 6.20 Å². The minimum Gasteiger partial charge on any atom is -0.273 e. The Morgan fingerprint density at radius 3 is 2.71 bits per heavy atom. The van der Waals surface area contributed by atoms with E-state index in [0.29, 0.717) is 12.1 Å². The summed E-state index contributed by atoms with van der Waals surface area (Å²) in [6.07, 6.45) is 1.90. The van der Waals surface area contributed by atoms with Gasteiger partial charge in [0.05, 0.1) is 18.2 Å². The zero-order valence-corrected chi connectivity index (χ0v) is 12.0.